The molecule has 1 saturated heterocycles. The number of nitrogens with zero attached hydrogens (tertiary/aromatic N) is 2. The number of para-hydroxylation sites is 1. The van der Waals surface area contributed by atoms with Gasteiger partial charge in [0.05, 0.1) is 11.1 Å². The lowest BCUT2D eigenvalue weighted by atomic mass is 10.0. The van der Waals surface area contributed by atoms with E-state index in [4.69, 9.17) is 0 Å². The third kappa shape index (κ3) is 2.76. The molecule has 1 aliphatic carbocycles. The van der Waals surface area contributed by atoms with Crippen molar-refractivity contribution in [2.75, 3.05) is 12.7 Å². The van der Waals surface area contributed by atoms with Gasteiger partial charge in [0.2, 0.25) is 12.9 Å². The smallest absolute Gasteiger partial charge is 0.124 e. The molecular weight excluding hydrogens is 479 g/mol. The summed E-state index contributed by atoms with van der Waals surface area (Å²) in [5, 5.41) is 5.74. The van der Waals surface area contributed by atoms with Crippen molar-refractivity contribution >= 4 is 45.8 Å². The van der Waals surface area contributed by atoms with Crippen LogP contribution in [0.1, 0.15) is 22.3 Å². The number of hydrogen-bond donors (Lipinski definition) is 0. The van der Waals surface area contributed by atoms with Crippen molar-refractivity contribution in [3.63, 3.8) is 0 Å². The SMILES string of the molecule is Cc1cccc(C)c1[N+]1=C2C(=[N+]3CC[P+](c4ccccc4)(c4ccccc4)C31)c1cccc3cccc2c13. The van der Waals surface area contributed by atoms with E-state index in [9.17, 15) is 0 Å². The van der Waals surface area contributed by atoms with E-state index in [1.54, 1.807) is 0 Å². The molecule has 2 aliphatic heterocycles. The Kier molecular flexibility index (Phi) is 4.70. The number of rotatable bonds is 3. The first-order valence-electron chi connectivity index (χ1n) is 13.6. The first kappa shape index (κ1) is 22.1. The van der Waals surface area contributed by atoms with Crippen molar-refractivity contribution < 1.29 is 9.15 Å². The number of fused-ring (bicyclic) bond motifs is 4. The maximum atomic E-state index is 2.78. The van der Waals surface area contributed by atoms with Crippen LogP contribution in [0.25, 0.3) is 10.8 Å². The third-order valence-electron chi connectivity index (χ3n) is 8.88. The molecule has 3 heteroatoms. The monoisotopic (exact) mass is 509 g/mol. The van der Waals surface area contributed by atoms with Crippen LogP contribution < -0.4 is 10.6 Å². The summed E-state index contributed by atoms with van der Waals surface area (Å²) in [6.07, 6.45) is 1.18. The average Bonchev–Trinajstić information content (AvgIpc) is 3.60. The highest BCUT2D eigenvalue weighted by Gasteiger charge is 2.74. The molecule has 5 aromatic carbocycles. The van der Waals surface area contributed by atoms with Crippen LogP contribution in [0.3, 0.4) is 0 Å². The van der Waals surface area contributed by atoms with E-state index in [0.717, 1.165) is 6.54 Å². The summed E-state index contributed by atoms with van der Waals surface area (Å²) in [6.45, 7) is 5.63. The number of hydrogen-bond acceptors (Lipinski definition) is 0. The van der Waals surface area contributed by atoms with Crippen molar-refractivity contribution in [1.29, 1.82) is 0 Å². The molecule has 1 unspecified atom stereocenters. The van der Waals surface area contributed by atoms with E-state index < -0.39 is 7.26 Å². The molecule has 0 N–H and O–H groups in total. The fourth-order valence-corrected chi connectivity index (χ4v) is 12.3. The third-order valence-corrected chi connectivity index (χ3v) is 13.5. The molecule has 5 aromatic rings. The van der Waals surface area contributed by atoms with Crippen LogP contribution >= 0.6 is 7.26 Å². The zero-order valence-electron chi connectivity index (χ0n) is 21.8. The molecule has 0 amide bonds. The van der Waals surface area contributed by atoms with Crippen LogP contribution in [0, 0.1) is 13.8 Å². The summed E-state index contributed by atoms with van der Waals surface area (Å²) in [4.78, 5) is 0. The van der Waals surface area contributed by atoms with Crippen LogP contribution in [0.5, 0.6) is 0 Å². The van der Waals surface area contributed by atoms with Crippen molar-refractivity contribution in [2.24, 2.45) is 0 Å². The molecule has 38 heavy (non-hydrogen) atoms. The van der Waals surface area contributed by atoms with Crippen LogP contribution in [0.4, 0.5) is 5.69 Å². The molecule has 0 bridgehead atoms. The van der Waals surface area contributed by atoms with Gasteiger partial charge in [-0.3, -0.25) is 0 Å². The molecule has 2 nitrogen and oxygen atoms in total. The minimum absolute atomic E-state index is 0.251. The molecule has 0 saturated carbocycles. The summed E-state index contributed by atoms with van der Waals surface area (Å²) >= 11 is 0. The summed E-state index contributed by atoms with van der Waals surface area (Å²) in [5.74, 6) is 0.251. The average molecular weight is 510 g/mol. The molecule has 2 heterocycles. The normalized spacial score (nSPS) is 18.8. The highest BCUT2D eigenvalue weighted by molar-refractivity contribution is 7.90. The Morgan fingerprint density at radius 1 is 0.605 bits per heavy atom. The maximum absolute atomic E-state index is 2.78. The number of benzene rings is 5. The van der Waals surface area contributed by atoms with E-state index in [1.165, 1.54) is 66.9 Å². The van der Waals surface area contributed by atoms with Gasteiger partial charge in [-0.1, -0.05) is 83.4 Å². The van der Waals surface area contributed by atoms with Gasteiger partial charge < -0.3 is 0 Å². The van der Waals surface area contributed by atoms with Gasteiger partial charge in [0, 0.05) is 16.5 Å². The highest BCUT2D eigenvalue weighted by atomic mass is 31.2. The van der Waals surface area contributed by atoms with Crippen molar-refractivity contribution in [1.82, 2.24) is 0 Å². The van der Waals surface area contributed by atoms with Gasteiger partial charge in [-0.15, -0.1) is 4.58 Å². The van der Waals surface area contributed by atoms with Crippen molar-refractivity contribution in [3.8, 4) is 0 Å². The van der Waals surface area contributed by atoms with E-state index >= 15 is 0 Å². The molecule has 0 spiro atoms. The predicted molar refractivity (Wildman–Crippen MR) is 161 cm³/mol. The maximum Gasteiger partial charge on any atom is 0.449 e. The molecule has 8 rings (SSSR count). The van der Waals surface area contributed by atoms with Crippen LogP contribution in [0.2, 0.25) is 0 Å². The quantitative estimate of drug-likeness (QED) is 0.197. The van der Waals surface area contributed by atoms with Crippen LogP contribution in [0.15, 0.2) is 115 Å². The van der Waals surface area contributed by atoms with E-state index in [2.05, 4.69) is 138 Å². The summed E-state index contributed by atoms with van der Waals surface area (Å²) in [6, 6.07) is 43.3. The Labute approximate surface area is 224 Å². The lowest BCUT2D eigenvalue weighted by Crippen LogP contribution is -2.38. The standard InChI is InChI=1S/C35H30N2P/c1-24-12-9-13-25(2)32(24)37-34-30-21-11-15-26-14-10-20-29(31(26)30)33(34)36-22-23-38(35(36)37,27-16-5-3-6-17-27)28-18-7-4-8-19-28/h3-21,35H,22-23H2,1-2H3/q+3. The van der Waals surface area contributed by atoms with Gasteiger partial charge in [0.1, 0.15) is 16.8 Å². The zero-order chi connectivity index (χ0) is 25.4. The van der Waals surface area contributed by atoms with Crippen LogP contribution in [-0.4, -0.2) is 39.2 Å². The molecule has 3 aliphatic rings. The Hall–Kier alpha value is -3.87. The summed E-state index contributed by atoms with van der Waals surface area (Å²) < 4.78 is 5.55. The topological polar surface area (TPSA) is 6.02 Å². The minimum Gasteiger partial charge on any atom is -0.124 e. The Morgan fingerprint density at radius 3 is 1.76 bits per heavy atom. The van der Waals surface area contributed by atoms with Crippen molar-refractivity contribution in [3.05, 3.63) is 138 Å². The van der Waals surface area contributed by atoms with E-state index in [-0.39, 0.29) is 5.91 Å². The Bertz CT molecular complexity index is 1770. The molecule has 182 valence electrons. The summed E-state index contributed by atoms with van der Waals surface area (Å²) in [7, 11) is -1.85. The van der Waals surface area contributed by atoms with Gasteiger partial charge in [-0.2, -0.15) is 0 Å². The summed E-state index contributed by atoms with van der Waals surface area (Å²) in [5.41, 5.74) is 9.65. The van der Waals surface area contributed by atoms with Gasteiger partial charge in [0.15, 0.2) is 6.54 Å². The lowest BCUT2D eigenvalue weighted by Gasteiger charge is -2.22. The second-order valence-corrected chi connectivity index (χ2v) is 14.5. The van der Waals surface area contributed by atoms with Gasteiger partial charge in [-0.25, -0.2) is 0 Å². The van der Waals surface area contributed by atoms with Gasteiger partial charge in [0.25, 0.3) is 11.4 Å². The molecule has 0 radical (unpaired) electrons. The first-order chi connectivity index (χ1) is 18.7. The Morgan fingerprint density at radius 2 is 1.16 bits per heavy atom. The van der Waals surface area contributed by atoms with Crippen molar-refractivity contribution in [2.45, 2.75) is 19.8 Å². The zero-order valence-corrected chi connectivity index (χ0v) is 22.7. The second kappa shape index (κ2) is 8.06. The molecule has 1 atom stereocenters. The van der Waals surface area contributed by atoms with Gasteiger partial charge in [-0.05, 0) is 55.6 Å². The molecule has 1 fully saturated rings. The largest absolute Gasteiger partial charge is 0.449 e. The number of aryl methyl sites for hydroxylation is 2. The first-order valence-corrected chi connectivity index (χ1v) is 15.6. The lowest BCUT2D eigenvalue weighted by molar-refractivity contribution is -0.694. The highest BCUT2D eigenvalue weighted by Crippen LogP contribution is 2.66. The van der Waals surface area contributed by atoms with Crippen LogP contribution in [-0.2, 0) is 0 Å². The van der Waals surface area contributed by atoms with Gasteiger partial charge >= 0.3 is 5.91 Å². The molecule has 0 aromatic heterocycles. The minimum atomic E-state index is -1.85. The second-order valence-electron chi connectivity index (χ2n) is 10.8. The Balaban J connectivity index is 1.54. The predicted octanol–water partition coefficient (Wildman–Crippen LogP) is 6.38. The van der Waals surface area contributed by atoms with E-state index in [0.29, 0.717) is 0 Å². The molecular formula is C35H30N2P+3. The fourth-order valence-electron chi connectivity index (χ4n) is 7.41. The fraction of sp³-hybridized carbons (Fsp3) is 0.143. The van der Waals surface area contributed by atoms with E-state index in [1.807, 2.05) is 0 Å².